The van der Waals surface area contributed by atoms with Gasteiger partial charge in [0, 0.05) is 11.4 Å². The van der Waals surface area contributed by atoms with Gasteiger partial charge in [-0.15, -0.1) is 11.3 Å². The summed E-state index contributed by atoms with van der Waals surface area (Å²) in [6.07, 6.45) is 6.32. The van der Waals surface area contributed by atoms with Gasteiger partial charge in [0.1, 0.15) is 5.82 Å². The molecule has 1 fully saturated rings. The van der Waals surface area contributed by atoms with E-state index in [4.69, 9.17) is 0 Å². The predicted octanol–water partition coefficient (Wildman–Crippen LogP) is 3.62. The van der Waals surface area contributed by atoms with Gasteiger partial charge in [-0.05, 0) is 67.3 Å². The highest BCUT2D eigenvalue weighted by Crippen LogP contribution is 2.19. The number of carbonyl (C=O) groups excluding carboxylic acids is 1. The summed E-state index contributed by atoms with van der Waals surface area (Å²) in [5, 5.41) is 4.29. The normalized spacial score (nSPS) is 15.2. The summed E-state index contributed by atoms with van der Waals surface area (Å²) in [4.78, 5) is 16.0. The lowest BCUT2D eigenvalue weighted by Gasteiger charge is -2.24. The van der Waals surface area contributed by atoms with Crippen LogP contribution < -0.4 is 5.32 Å². The molecule has 2 aromatic rings. The third-order valence-electron chi connectivity index (χ3n) is 5.22. The molecule has 0 unspecified atom stereocenters. The van der Waals surface area contributed by atoms with Crippen LogP contribution in [0.1, 0.15) is 48.1 Å². The van der Waals surface area contributed by atoms with Crippen molar-refractivity contribution >= 4 is 17.2 Å². The van der Waals surface area contributed by atoms with Crippen LogP contribution >= 0.6 is 11.3 Å². The lowest BCUT2D eigenvalue weighted by molar-refractivity contribution is -0.682. The SMILES string of the molecule is Cc1ccsc1CN(Cc1ccc(F)cc1)C(=O)C[NH2+]C1CCCCC1. The molecule has 1 amide bonds. The summed E-state index contributed by atoms with van der Waals surface area (Å²) in [5.41, 5.74) is 2.19. The minimum absolute atomic E-state index is 0.160. The van der Waals surface area contributed by atoms with Crippen molar-refractivity contribution in [1.29, 1.82) is 0 Å². The van der Waals surface area contributed by atoms with E-state index >= 15 is 0 Å². The van der Waals surface area contributed by atoms with Crippen LogP contribution in [-0.4, -0.2) is 23.4 Å². The third kappa shape index (κ3) is 5.39. The molecule has 0 spiro atoms. The van der Waals surface area contributed by atoms with Crippen molar-refractivity contribution in [3.8, 4) is 0 Å². The van der Waals surface area contributed by atoms with Crippen LogP contribution in [0.25, 0.3) is 0 Å². The minimum Gasteiger partial charge on any atom is -0.336 e. The largest absolute Gasteiger partial charge is 0.336 e. The van der Waals surface area contributed by atoms with E-state index in [0.717, 1.165) is 5.56 Å². The molecule has 1 aliphatic carbocycles. The number of halogens is 1. The number of rotatable bonds is 7. The zero-order chi connectivity index (χ0) is 18.4. The van der Waals surface area contributed by atoms with Crippen LogP contribution in [0.5, 0.6) is 0 Å². The first-order valence-electron chi connectivity index (χ1n) is 9.50. The lowest BCUT2D eigenvalue weighted by atomic mass is 9.95. The predicted molar refractivity (Wildman–Crippen MR) is 103 cm³/mol. The number of aryl methyl sites for hydroxylation is 1. The molecule has 0 aliphatic heterocycles. The minimum atomic E-state index is -0.244. The number of quaternary nitrogens is 1. The second kappa shape index (κ2) is 9.28. The Hall–Kier alpha value is -1.72. The number of thiophene rings is 1. The number of hydrogen-bond donors (Lipinski definition) is 1. The maximum Gasteiger partial charge on any atom is 0.278 e. The number of benzene rings is 1. The monoisotopic (exact) mass is 375 g/mol. The molecule has 1 aromatic heterocycles. The Labute approximate surface area is 159 Å². The number of amides is 1. The smallest absolute Gasteiger partial charge is 0.278 e. The highest BCUT2D eigenvalue weighted by Gasteiger charge is 2.21. The summed E-state index contributed by atoms with van der Waals surface area (Å²) in [7, 11) is 0. The van der Waals surface area contributed by atoms with E-state index in [0.29, 0.717) is 25.7 Å². The van der Waals surface area contributed by atoms with Gasteiger partial charge in [0.05, 0.1) is 12.6 Å². The first-order valence-corrected chi connectivity index (χ1v) is 10.4. The summed E-state index contributed by atoms with van der Waals surface area (Å²) in [6.45, 7) is 3.73. The lowest BCUT2D eigenvalue weighted by Crippen LogP contribution is -2.92. The molecule has 1 aromatic carbocycles. The average molecular weight is 376 g/mol. The Morgan fingerprint density at radius 1 is 1.15 bits per heavy atom. The van der Waals surface area contributed by atoms with Crippen LogP contribution in [0.2, 0.25) is 0 Å². The molecular formula is C21H28FN2OS+. The molecule has 3 rings (SSSR count). The Bertz CT molecular complexity index is 707. The van der Waals surface area contributed by atoms with Crippen LogP contribution in [0.15, 0.2) is 35.7 Å². The van der Waals surface area contributed by atoms with E-state index in [2.05, 4.69) is 23.7 Å². The molecule has 0 saturated heterocycles. The van der Waals surface area contributed by atoms with Gasteiger partial charge in [0.25, 0.3) is 5.91 Å². The quantitative estimate of drug-likeness (QED) is 0.788. The average Bonchev–Trinajstić information content (AvgIpc) is 3.06. The fourth-order valence-electron chi connectivity index (χ4n) is 3.55. The van der Waals surface area contributed by atoms with Crippen molar-refractivity contribution in [3.63, 3.8) is 0 Å². The summed E-state index contributed by atoms with van der Waals surface area (Å²) < 4.78 is 13.2. The highest BCUT2D eigenvalue weighted by atomic mass is 32.1. The number of nitrogens with two attached hydrogens (primary N) is 1. The van der Waals surface area contributed by atoms with Gasteiger partial charge in [-0.25, -0.2) is 4.39 Å². The van der Waals surface area contributed by atoms with Crippen LogP contribution in [0.4, 0.5) is 4.39 Å². The Morgan fingerprint density at radius 3 is 2.54 bits per heavy atom. The Morgan fingerprint density at radius 2 is 1.88 bits per heavy atom. The van der Waals surface area contributed by atoms with Crippen molar-refractivity contribution in [1.82, 2.24) is 4.90 Å². The van der Waals surface area contributed by atoms with E-state index < -0.39 is 0 Å². The first-order chi connectivity index (χ1) is 12.6. The Balaban J connectivity index is 1.65. The molecule has 3 nitrogen and oxygen atoms in total. The molecule has 1 aliphatic rings. The van der Waals surface area contributed by atoms with Crippen molar-refractivity contribution < 1.29 is 14.5 Å². The molecule has 0 bridgehead atoms. The van der Waals surface area contributed by atoms with E-state index in [1.54, 1.807) is 23.5 Å². The van der Waals surface area contributed by atoms with Gasteiger partial charge in [0.15, 0.2) is 6.54 Å². The van der Waals surface area contributed by atoms with E-state index in [9.17, 15) is 9.18 Å². The van der Waals surface area contributed by atoms with Gasteiger partial charge in [-0.3, -0.25) is 4.79 Å². The standard InChI is InChI=1S/C21H27FN2OS/c1-16-11-12-26-20(16)15-24(14-17-7-9-18(22)10-8-17)21(25)13-23-19-5-3-2-4-6-19/h7-12,19,23H,2-6,13-15H2,1H3/p+1. The van der Waals surface area contributed by atoms with Crippen molar-refractivity contribution in [2.45, 2.75) is 58.2 Å². The van der Waals surface area contributed by atoms with Crippen LogP contribution in [0, 0.1) is 12.7 Å². The van der Waals surface area contributed by atoms with Gasteiger partial charge in [0.2, 0.25) is 0 Å². The van der Waals surface area contributed by atoms with Gasteiger partial charge in [-0.2, -0.15) is 0 Å². The van der Waals surface area contributed by atoms with E-state index in [1.165, 1.54) is 54.7 Å². The number of carbonyl (C=O) groups is 1. The first kappa shape index (κ1) is 19.1. The molecule has 1 saturated carbocycles. The summed E-state index contributed by atoms with van der Waals surface area (Å²) in [6, 6.07) is 9.13. The van der Waals surface area contributed by atoms with Crippen molar-refractivity contribution in [2.75, 3.05) is 6.54 Å². The molecule has 1 heterocycles. The van der Waals surface area contributed by atoms with Gasteiger partial charge >= 0.3 is 0 Å². The number of hydrogen-bond acceptors (Lipinski definition) is 2. The molecular weight excluding hydrogens is 347 g/mol. The third-order valence-corrected chi connectivity index (χ3v) is 6.23. The van der Waals surface area contributed by atoms with Crippen LogP contribution in [0.3, 0.4) is 0 Å². The Kier molecular flexibility index (Phi) is 6.80. The number of nitrogens with zero attached hydrogens (tertiary/aromatic N) is 1. The zero-order valence-electron chi connectivity index (χ0n) is 15.4. The molecule has 2 N–H and O–H groups in total. The fourth-order valence-corrected chi connectivity index (χ4v) is 4.47. The summed E-state index contributed by atoms with van der Waals surface area (Å²) >= 11 is 1.69. The zero-order valence-corrected chi connectivity index (χ0v) is 16.2. The molecule has 26 heavy (non-hydrogen) atoms. The van der Waals surface area contributed by atoms with Gasteiger partial charge in [-0.1, -0.05) is 18.6 Å². The van der Waals surface area contributed by atoms with Crippen LogP contribution in [-0.2, 0) is 17.9 Å². The van der Waals surface area contributed by atoms with E-state index in [-0.39, 0.29) is 11.7 Å². The second-order valence-corrected chi connectivity index (χ2v) is 8.24. The highest BCUT2D eigenvalue weighted by molar-refractivity contribution is 7.10. The van der Waals surface area contributed by atoms with Gasteiger partial charge < -0.3 is 10.2 Å². The molecule has 5 heteroatoms. The molecule has 140 valence electrons. The van der Waals surface area contributed by atoms with Crippen molar-refractivity contribution in [2.24, 2.45) is 0 Å². The molecule has 0 radical (unpaired) electrons. The maximum absolute atomic E-state index is 13.2. The molecule has 0 atom stereocenters. The summed E-state index contributed by atoms with van der Waals surface area (Å²) in [5.74, 6) is -0.0842. The van der Waals surface area contributed by atoms with Crippen molar-refractivity contribution in [3.05, 3.63) is 57.5 Å². The topological polar surface area (TPSA) is 36.9 Å². The second-order valence-electron chi connectivity index (χ2n) is 7.24. The van der Waals surface area contributed by atoms with E-state index in [1.807, 2.05) is 4.90 Å². The maximum atomic E-state index is 13.2. The fraction of sp³-hybridized carbons (Fsp3) is 0.476.